The average molecular weight is 387 g/mol. The van der Waals surface area contributed by atoms with Crippen LogP contribution in [0.25, 0.3) is 0 Å². The first kappa shape index (κ1) is 21.7. The Morgan fingerprint density at radius 3 is 2.57 bits per heavy atom. The van der Waals surface area contributed by atoms with Gasteiger partial charge in [-0.05, 0) is 53.5 Å². The Hall–Kier alpha value is -2.57. The van der Waals surface area contributed by atoms with Crippen LogP contribution in [0.15, 0.2) is 11.2 Å². The molecule has 0 amide bonds. The molecule has 0 saturated carbocycles. The normalized spacial score (nSPS) is 12.8. The van der Waals surface area contributed by atoms with E-state index in [0.717, 1.165) is 47.2 Å². The fourth-order valence-corrected chi connectivity index (χ4v) is 3.41. The minimum atomic E-state index is 0.223. The van der Waals surface area contributed by atoms with Gasteiger partial charge in [0.05, 0.1) is 25.0 Å². The van der Waals surface area contributed by atoms with Crippen LogP contribution in [0.1, 0.15) is 47.6 Å². The van der Waals surface area contributed by atoms with Gasteiger partial charge in [0.25, 0.3) is 0 Å². The zero-order valence-corrected chi connectivity index (χ0v) is 18.5. The highest BCUT2D eigenvalue weighted by molar-refractivity contribution is 5.80. The first-order valence-corrected chi connectivity index (χ1v) is 9.81. The molecular weight excluding hydrogens is 352 g/mol. The highest BCUT2D eigenvalue weighted by atomic mass is 16.5. The summed E-state index contributed by atoms with van der Waals surface area (Å²) >= 11 is 0. The van der Waals surface area contributed by atoms with Gasteiger partial charge < -0.3 is 15.4 Å². The van der Waals surface area contributed by atoms with Crippen LogP contribution >= 0.6 is 0 Å². The van der Waals surface area contributed by atoms with Gasteiger partial charge in [-0.25, -0.2) is 4.99 Å². The molecule has 0 aromatic carbocycles. The maximum atomic E-state index is 5.50. The predicted octanol–water partition coefficient (Wildman–Crippen LogP) is 2.74. The summed E-state index contributed by atoms with van der Waals surface area (Å²) in [5.41, 5.74) is 6.58. The monoisotopic (exact) mass is 386 g/mol. The number of hydrogen-bond acceptors (Lipinski definition) is 4. The van der Waals surface area contributed by atoms with Gasteiger partial charge in [-0.15, -0.1) is 0 Å². The standard InChI is InChI=1S/C21H34N6O/c1-9-22-21(24-12-19-15(4)20(28-8)13(2)11-23-19)25-14(3)10-18-16(5)26-27(7)17(18)6/h11,14H,9-10,12H2,1-8H3,(H2,22,24,25). The minimum Gasteiger partial charge on any atom is -0.496 e. The molecule has 0 aliphatic heterocycles. The lowest BCUT2D eigenvalue weighted by molar-refractivity contribution is 0.407. The summed E-state index contributed by atoms with van der Waals surface area (Å²) in [4.78, 5) is 9.27. The van der Waals surface area contributed by atoms with Crippen molar-refractivity contribution in [1.82, 2.24) is 25.4 Å². The quantitative estimate of drug-likeness (QED) is 0.565. The van der Waals surface area contributed by atoms with Crippen molar-refractivity contribution in [3.05, 3.63) is 40.0 Å². The topological polar surface area (TPSA) is 76.4 Å². The van der Waals surface area contributed by atoms with E-state index in [4.69, 9.17) is 9.73 Å². The molecule has 0 spiro atoms. The molecule has 0 aliphatic carbocycles. The third kappa shape index (κ3) is 5.03. The molecule has 0 radical (unpaired) electrons. The number of nitrogens with one attached hydrogen (secondary N) is 2. The molecule has 154 valence electrons. The number of pyridine rings is 1. The first-order valence-electron chi connectivity index (χ1n) is 9.81. The number of aromatic nitrogens is 3. The molecule has 0 aliphatic rings. The number of hydrogen-bond donors (Lipinski definition) is 2. The van der Waals surface area contributed by atoms with Crippen LogP contribution < -0.4 is 15.4 Å². The molecule has 28 heavy (non-hydrogen) atoms. The van der Waals surface area contributed by atoms with Gasteiger partial charge in [0.2, 0.25) is 0 Å². The fourth-order valence-electron chi connectivity index (χ4n) is 3.41. The summed E-state index contributed by atoms with van der Waals surface area (Å²) in [7, 11) is 3.68. The Bertz CT molecular complexity index is 840. The minimum absolute atomic E-state index is 0.223. The molecule has 2 heterocycles. The maximum Gasteiger partial charge on any atom is 0.191 e. The van der Waals surface area contributed by atoms with Crippen molar-refractivity contribution in [2.75, 3.05) is 13.7 Å². The molecule has 0 bridgehead atoms. The molecule has 2 N–H and O–H groups in total. The van der Waals surface area contributed by atoms with E-state index >= 15 is 0 Å². The molecule has 1 atom stereocenters. The molecule has 1 unspecified atom stereocenters. The van der Waals surface area contributed by atoms with Gasteiger partial charge in [0.15, 0.2) is 5.96 Å². The highest BCUT2D eigenvalue weighted by Crippen LogP contribution is 2.24. The lowest BCUT2D eigenvalue weighted by Crippen LogP contribution is -2.43. The second kappa shape index (κ2) is 9.57. The summed E-state index contributed by atoms with van der Waals surface area (Å²) in [6.07, 6.45) is 2.74. The van der Waals surface area contributed by atoms with Gasteiger partial charge in [-0.2, -0.15) is 5.10 Å². The number of aliphatic imine (C=N–C) groups is 1. The summed E-state index contributed by atoms with van der Waals surface area (Å²) in [6, 6.07) is 0.223. The third-order valence-corrected chi connectivity index (χ3v) is 5.03. The summed E-state index contributed by atoms with van der Waals surface area (Å²) in [5.74, 6) is 1.67. The summed E-state index contributed by atoms with van der Waals surface area (Å²) in [6.45, 7) is 13.7. The van der Waals surface area contributed by atoms with Crippen molar-refractivity contribution in [2.24, 2.45) is 12.0 Å². The predicted molar refractivity (Wildman–Crippen MR) is 114 cm³/mol. The Labute approximate surface area is 168 Å². The van der Waals surface area contributed by atoms with E-state index < -0.39 is 0 Å². The van der Waals surface area contributed by atoms with Crippen molar-refractivity contribution in [1.29, 1.82) is 0 Å². The number of methoxy groups -OCH3 is 1. The van der Waals surface area contributed by atoms with Crippen LogP contribution in [0.5, 0.6) is 5.75 Å². The van der Waals surface area contributed by atoms with Crippen LogP contribution in [-0.2, 0) is 20.0 Å². The molecular formula is C21H34N6O. The largest absolute Gasteiger partial charge is 0.496 e. The van der Waals surface area contributed by atoms with Crippen molar-refractivity contribution in [3.63, 3.8) is 0 Å². The molecule has 0 saturated heterocycles. The average Bonchev–Trinajstić information content (AvgIpc) is 2.87. The Balaban J connectivity index is 2.12. The van der Waals surface area contributed by atoms with Crippen molar-refractivity contribution < 1.29 is 4.74 Å². The highest BCUT2D eigenvalue weighted by Gasteiger charge is 2.14. The van der Waals surface area contributed by atoms with Crippen LogP contribution in [0.4, 0.5) is 0 Å². The van der Waals surface area contributed by atoms with E-state index in [0.29, 0.717) is 6.54 Å². The van der Waals surface area contributed by atoms with Gasteiger partial charge in [-0.3, -0.25) is 9.67 Å². The van der Waals surface area contributed by atoms with Crippen molar-refractivity contribution in [2.45, 2.75) is 60.5 Å². The molecule has 2 aromatic rings. The second-order valence-electron chi connectivity index (χ2n) is 7.26. The van der Waals surface area contributed by atoms with Crippen molar-refractivity contribution >= 4 is 5.96 Å². The van der Waals surface area contributed by atoms with Gasteiger partial charge in [0.1, 0.15) is 5.75 Å². The summed E-state index contributed by atoms with van der Waals surface area (Å²) in [5, 5.41) is 11.3. The molecule has 2 aromatic heterocycles. The van der Waals surface area contributed by atoms with E-state index in [1.54, 1.807) is 7.11 Å². The molecule has 2 rings (SSSR count). The molecule has 7 heteroatoms. The lowest BCUT2D eigenvalue weighted by atomic mass is 10.1. The zero-order chi connectivity index (χ0) is 20.8. The lowest BCUT2D eigenvalue weighted by Gasteiger charge is -2.18. The van der Waals surface area contributed by atoms with Crippen LogP contribution in [0, 0.1) is 27.7 Å². The fraction of sp³-hybridized carbons (Fsp3) is 0.571. The Morgan fingerprint density at radius 1 is 1.29 bits per heavy atom. The number of rotatable bonds is 7. The SMILES string of the molecule is CCNC(=NCc1ncc(C)c(OC)c1C)NC(C)Cc1c(C)nn(C)c1C. The van der Waals surface area contributed by atoms with Gasteiger partial charge in [0, 0.05) is 42.7 Å². The van der Waals surface area contributed by atoms with E-state index in [9.17, 15) is 0 Å². The van der Waals surface area contributed by atoms with E-state index in [1.165, 1.54) is 11.3 Å². The maximum absolute atomic E-state index is 5.50. The van der Waals surface area contributed by atoms with Gasteiger partial charge in [-0.1, -0.05) is 0 Å². The number of ether oxygens (including phenoxy) is 1. The molecule has 0 fully saturated rings. The smallest absolute Gasteiger partial charge is 0.191 e. The van der Waals surface area contributed by atoms with Gasteiger partial charge >= 0.3 is 0 Å². The molecule has 7 nitrogen and oxygen atoms in total. The number of nitrogens with zero attached hydrogens (tertiary/aromatic N) is 4. The third-order valence-electron chi connectivity index (χ3n) is 5.03. The van der Waals surface area contributed by atoms with Crippen molar-refractivity contribution in [3.8, 4) is 5.75 Å². The van der Waals surface area contributed by atoms with E-state index in [-0.39, 0.29) is 6.04 Å². The number of aryl methyl sites for hydroxylation is 3. The van der Waals surface area contributed by atoms with Crippen LogP contribution in [0.3, 0.4) is 0 Å². The van der Waals surface area contributed by atoms with E-state index in [1.807, 2.05) is 31.8 Å². The van der Waals surface area contributed by atoms with Crippen LogP contribution in [-0.4, -0.2) is 40.4 Å². The number of guanidine groups is 1. The van der Waals surface area contributed by atoms with Crippen LogP contribution in [0.2, 0.25) is 0 Å². The van der Waals surface area contributed by atoms with E-state index in [2.05, 4.69) is 48.4 Å². The first-order chi connectivity index (χ1) is 13.3. The second-order valence-corrected chi connectivity index (χ2v) is 7.26. The Morgan fingerprint density at radius 2 is 2.00 bits per heavy atom. The zero-order valence-electron chi connectivity index (χ0n) is 18.5. The Kier molecular flexibility index (Phi) is 7.43. The summed E-state index contributed by atoms with van der Waals surface area (Å²) < 4.78 is 7.44.